The SMILES string of the molecule is O=C(OCc1cccc(Cl)c1)c1cccc([N+](=O)[O-])c1Cl. The summed E-state index contributed by atoms with van der Waals surface area (Å²) in [5, 5.41) is 11.1. The molecule has 0 spiro atoms. The Balaban J connectivity index is 2.14. The van der Waals surface area contributed by atoms with Crippen LogP contribution >= 0.6 is 23.2 Å². The molecule has 21 heavy (non-hydrogen) atoms. The van der Waals surface area contributed by atoms with Crippen molar-refractivity contribution in [2.75, 3.05) is 0 Å². The lowest BCUT2D eigenvalue weighted by Gasteiger charge is -2.07. The normalized spacial score (nSPS) is 10.2. The van der Waals surface area contributed by atoms with Crippen LogP contribution < -0.4 is 0 Å². The molecule has 0 fully saturated rings. The van der Waals surface area contributed by atoms with Gasteiger partial charge in [0.1, 0.15) is 11.6 Å². The van der Waals surface area contributed by atoms with Crippen molar-refractivity contribution >= 4 is 34.9 Å². The van der Waals surface area contributed by atoms with E-state index in [1.165, 1.54) is 18.2 Å². The molecule has 2 aromatic carbocycles. The molecule has 7 heteroatoms. The Kier molecular flexibility index (Phi) is 4.77. The van der Waals surface area contributed by atoms with Gasteiger partial charge in [0, 0.05) is 11.1 Å². The monoisotopic (exact) mass is 325 g/mol. The smallest absolute Gasteiger partial charge is 0.340 e. The highest BCUT2D eigenvalue weighted by Gasteiger charge is 2.20. The van der Waals surface area contributed by atoms with Gasteiger partial charge in [0.15, 0.2) is 0 Å². The highest BCUT2D eigenvalue weighted by molar-refractivity contribution is 6.35. The second-order valence-electron chi connectivity index (χ2n) is 4.10. The summed E-state index contributed by atoms with van der Waals surface area (Å²) in [7, 11) is 0. The molecule has 2 aromatic rings. The van der Waals surface area contributed by atoms with E-state index in [-0.39, 0.29) is 22.9 Å². The number of hydrogen-bond donors (Lipinski definition) is 0. The molecule has 0 aromatic heterocycles. The zero-order valence-corrected chi connectivity index (χ0v) is 12.1. The van der Waals surface area contributed by atoms with Gasteiger partial charge in [0.25, 0.3) is 5.69 Å². The van der Waals surface area contributed by atoms with Gasteiger partial charge in [-0.1, -0.05) is 41.4 Å². The molecule has 108 valence electrons. The number of nitro groups is 1. The Hall–Kier alpha value is -2.11. The van der Waals surface area contributed by atoms with Gasteiger partial charge in [-0.05, 0) is 23.8 Å². The van der Waals surface area contributed by atoms with Gasteiger partial charge in [-0.2, -0.15) is 0 Å². The maximum atomic E-state index is 11.9. The second-order valence-corrected chi connectivity index (χ2v) is 4.92. The molecular weight excluding hydrogens is 317 g/mol. The van der Waals surface area contributed by atoms with E-state index >= 15 is 0 Å². The molecule has 2 rings (SSSR count). The standard InChI is InChI=1S/C14H9Cl2NO4/c15-10-4-1-3-9(7-10)8-21-14(18)11-5-2-6-12(13(11)16)17(19)20/h1-7H,8H2. The van der Waals surface area contributed by atoms with Crippen molar-refractivity contribution < 1.29 is 14.5 Å². The highest BCUT2D eigenvalue weighted by Crippen LogP contribution is 2.28. The van der Waals surface area contributed by atoms with Gasteiger partial charge in [-0.15, -0.1) is 0 Å². The molecule has 0 aliphatic carbocycles. The van der Waals surface area contributed by atoms with E-state index < -0.39 is 10.9 Å². The molecule has 0 aliphatic rings. The molecule has 0 saturated heterocycles. The Morgan fingerprint density at radius 2 is 1.90 bits per heavy atom. The quantitative estimate of drug-likeness (QED) is 0.478. The third-order valence-electron chi connectivity index (χ3n) is 2.65. The van der Waals surface area contributed by atoms with Crippen molar-refractivity contribution in [2.24, 2.45) is 0 Å². The van der Waals surface area contributed by atoms with E-state index in [1.807, 2.05) is 0 Å². The number of benzene rings is 2. The fraction of sp³-hybridized carbons (Fsp3) is 0.0714. The fourth-order valence-corrected chi connectivity index (χ4v) is 2.16. The number of halogens is 2. The van der Waals surface area contributed by atoms with Crippen molar-refractivity contribution in [1.82, 2.24) is 0 Å². The number of nitro benzene ring substituents is 1. The number of ether oxygens (including phenoxy) is 1. The number of carbonyl (C=O) groups is 1. The van der Waals surface area contributed by atoms with E-state index in [0.717, 1.165) is 0 Å². The van der Waals surface area contributed by atoms with E-state index in [2.05, 4.69) is 0 Å². The molecule has 5 nitrogen and oxygen atoms in total. The van der Waals surface area contributed by atoms with Crippen molar-refractivity contribution in [2.45, 2.75) is 6.61 Å². The minimum absolute atomic E-state index is 0.00157. The van der Waals surface area contributed by atoms with Crippen molar-refractivity contribution in [3.05, 3.63) is 73.8 Å². The fourth-order valence-electron chi connectivity index (χ4n) is 1.67. The van der Waals surface area contributed by atoms with Gasteiger partial charge < -0.3 is 4.74 Å². The van der Waals surface area contributed by atoms with Gasteiger partial charge in [0.2, 0.25) is 0 Å². The zero-order chi connectivity index (χ0) is 15.4. The first-order valence-electron chi connectivity index (χ1n) is 5.83. The van der Waals surface area contributed by atoms with Crippen LogP contribution in [0, 0.1) is 10.1 Å². The van der Waals surface area contributed by atoms with Crippen LogP contribution in [-0.4, -0.2) is 10.9 Å². The number of esters is 1. The summed E-state index contributed by atoms with van der Waals surface area (Å²) in [5.74, 6) is -0.733. The Bertz CT molecular complexity index is 703. The van der Waals surface area contributed by atoms with Gasteiger partial charge >= 0.3 is 5.97 Å². The van der Waals surface area contributed by atoms with E-state index in [0.29, 0.717) is 10.6 Å². The molecular formula is C14H9Cl2NO4. The van der Waals surface area contributed by atoms with Crippen LogP contribution in [0.5, 0.6) is 0 Å². The molecule has 0 amide bonds. The zero-order valence-electron chi connectivity index (χ0n) is 10.6. The lowest BCUT2D eigenvalue weighted by atomic mass is 10.2. The molecule has 0 aliphatic heterocycles. The van der Waals surface area contributed by atoms with Crippen molar-refractivity contribution in [1.29, 1.82) is 0 Å². The van der Waals surface area contributed by atoms with Crippen LogP contribution in [0.4, 0.5) is 5.69 Å². The average Bonchev–Trinajstić information content (AvgIpc) is 2.45. The number of rotatable bonds is 4. The first-order valence-corrected chi connectivity index (χ1v) is 6.59. The first kappa shape index (κ1) is 15.3. The Morgan fingerprint density at radius 1 is 1.19 bits per heavy atom. The summed E-state index contributed by atoms with van der Waals surface area (Å²) in [5.41, 5.74) is 0.319. The average molecular weight is 326 g/mol. The largest absolute Gasteiger partial charge is 0.457 e. The van der Waals surface area contributed by atoms with Crippen LogP contribution in [0.25, 0.3) is 0 Å². The minimum Gasteiger partial charge on any atom is -0.457 e. The maximum absolute atomic E-state index is 11.9. The van der Waals surface area contributed by atoms with Gasteiger partial charge in [0.05, 0.1) is 10.5 Å². The summed E-state index contributed by atoms with van der Waals surface area (Å²) < 4.78 is 5.08. The van der Waals surface area contributed by atoms with Crippen LogP contribution in [0.15, 0.2) is 42.5 Å². The Morgan fingerprint density at radius 3 is 2.57 bits per heavy atom. The third-order valence-corrected chi connectivity index (χ3v) is 3.29. The van der Waals surface area contributed by atoms with E-state index in [1.54, 1.807) is 24.3 Å². The van der Waals surface area contributed by atoms with Crippen LogP contribution in [0.2, 0.25) is 10.0 Å². The van der Waals surface area contributed by atoms with Crippen molar-refractivity contribution in [3.63, 3.8) is 0 Å². The van der Waals surface area contributed by atoms with Gasteiger partial charge in [-0.3, -0.25) is 10.1 Å². The maximum Gasteiger partial charge on any atom is 0.340 e. The summed E-state index contributed by atoms with van der Waals surface area (Å²) in [6.07, 6.45) is 0. The number of hydrogen-bond acceptors (Lipinski definition) is 4. The molecule has 0 saturated carbocycles. The second kappa shape index (κ2) is 6.56. The van der Waals surface area contributed by atoms with Crippen molar-refractivity contribution in [3.8, 4) is 0 Å². The Labute approximate surface area is 130 Å². The topological polar surface area (TPSA) is 69.4 Å². The van der Waals surface area contributed by atoms with E-state index in [9.17, 15) is 14.9 Å². The number of carbonyl (C=O) groups excluding carboxylic acids is 1. The molecule has 0 N–H and O–H groups in total. The van der Waals surface area contributed by atoms with Gasteiger partial charge in [-0.25, -0.2) is 4.79 Å². The summed E-state index contributed by atoms with van der Waals surface area (Å²) in [4.78, 5) is 22.0. The summed E-state index contributed by atoms with van der Waals surface area (Å²) >= 11 is 11.7. The van der Waals surface area contributed by atoms with E-state index in [4.69, 9.17) is 27.9 Å². The molecule has 0 bridgehead atoms. The molecule has 0 atom stereocenters. The molecule has 0 heterocycles. The number of nitrogens with zero attached hydrogens (tertiary/aromatic N) is 1. The lowest BCUT2D eigenvalue weighted by molar-refractivity contribution is -0.384. The molecule has 0 unspecified atom stereocenters. The highest BCUT2D eigenvalue weighted by atomic mass is 35.5. The van der Waals surface area contributed by atoms with Crippen LogP contribution in [-0.2, 0) is 11.3 Å². The molecule has 0 radical (unpaired) electrons. The minimum atomic E-state index is -0.733. The van der Waals surface area contributed by atoms with Crippen LogP contribution in [0.1, 0.15) is 15.9 Å². The summed E-state index contributed by atoms with van der Waals surface area (Å²) in [6, 6.07) is 10.8. The first-order chi connectivity index (χ1) is 9.99. The predicted octanol–water partition coefficient (Wildman–Crippen LogP) is 4.26. The third kappa shape index (κ3) is 3.71. The summed E-state index contributed by atoms with van der Waals surface area (Å²) in [6.45, 7) is -0.00157. The predicted molar refractivity (Wildman–Crippen MR) is 78.7 cm³/mol. The van der Waals surface area contributed by atoms with Crippen LogP contribution in [0.3, 0.4) is 0 Å². The lowest BCUT2D eigenvalue weighted by Crippen LogP contribution is -2.07.